The second-order valence-corrected chi connectivity index (χ2v) is 5.69. The highest BCUT2D eigenvalue weighted by Crippen LogP contribution is 2.18. The highest BCUT2D eigenvalue weighted by Gasteiger charge is 2.08. The summed E-state index contributed by atoms with van der Waals surface area (Å²) in [5, 5.41) is 4.10. The third-order valence-corrected chi connectivity index (χ3v) is 4.07. The molecule has 0 saturated carbocycles. The van der Waals surface area contributed by atoms with Crippen molar-refractivity contribution in [2.75, 3.05) is 6.54 Å². The summed E-state index contributed by atoms with van der Waals surface area (Å²) >= 11 is 0. The molecule has 2 aromatic carbocycles. The lowest BCUT2D eigenvalue weighted by molar-refractivity contribution is 0.0949. The Labute approximate surface area is 140 Å². The molecule has 0 aliphatic heterocycles. The van der Waals surface area contributed by atoms with Crippen LogP contribution in [-0.4, -0.2) is 22.9 Å². The predicted molar refractivity (Wildman–Crippen MR) is 94.0 cm³/mol. The van der Waals surface area contributed by atoms with Crippen LogP contribution in [-0.2, 0) is 6.54 Å². The zero-order valence-electron chi connectivity index (χ0n) is 13.5. The molecule has 0 unspecified atom stereocenters. The first-order chi connectivity index (χ1) is 11.6. The summed E-state index contributed by atoms with van der Waals surface area (Å²) in [6, 6.07) is 16.6. The Morgan fingerprint density at radius 3 is 2.42 bits per heavy atom. The number of fused-ring (bicyclic) bond motifs is 1. The van der Waals surface area contributed by atoms with Gasteiger partial charge in [-0.3, -0.25) is 9.59 Å². The topological polar surface area (TPSA) is 77.1 Å². The zero-order valence-corrected chi connectivity index (χ0v) is 13.5. The summed E-state index contributed by atoms with van der Waals surface area (Å²) in [6.07, 6.45) is 0. The molecule has 1 aromatic heterocycles. The average Bonchev–Trinajstić information content (AvgIpc) is 2.90. The van der Waals surface area contributed by atoms with Crippen LogP contribution in [0.15, 0.2) is 54.6 Å². The normalized spacial score (nSPS) is 10.7. The second-order valence-electron chi connectivity index (χ2n) is 5.69. The highest BCUT2D eigenvalue weighted by atomic mass is 16.2. The van der Waals surface area contributed by atoms with Crippen LogP contribution < -0.4 is 11.1 Å². The average molecular weight is 321 g/mol. The number of primary amides is 1. The number of aryl methyl sites for hydroxylation is 1. The summed E-state index contributed by atoms with van der Waals surface area (Å²) in [4.78, 5) is 23.2. The fraction of sp³-hybridized carbons (Fsp3) is 0.158. The lowest BCUT2D eigenvalue weighted by Crippen LogP contribution is -2.27. The molecule has 0 aliphatic carbocycles. The SMILES string of the molecule is Cc1cc2ccccc2n1CCNC(=O)c1ccc(C(N)=O)cc1. The third-order valence-electron chi connectivity index (χ3n) is 4.07. The van der Waals surface area contributed by atoms with Crippen LogP contribution in [0.1, 0.15) is 26.4 Å². The van der Waals surface area contributed by atoms with Crippen LogP contribution >= 0.6 is 0 Å². The maximum atomic E-state index is 12.2. The van der Waals surface area contributed by atoms with Crippen molar-refractivity contribution in [1.82, 2.24) is 9.88 Å². The fourth-order valence-corrected chi connectivity index (χ4v) is 2.81. The molecule has 3 aromatic rings. The monoisotopic (exact) mass is 321 g/mol. The molecule has 1 heterocycles. The minimum Gasteiger partial charge on any atom is -0.366 e. The van der Waals surface area contributed by atoms with E-state index in [1.165, 1.54) is 5.39 Å². The number of aromatic nitrogens is 1. The molecule has 0 atom stereocenters. The molecule has 5 heteroatoms. The molecular weight excluding hydrogens is 302 g/mol. The number of nitrogens with zero attached hydrogens (tertiary/aromatic N) is 1. The Bertz CT molecular complexity index is 895. The van der Waals surface area contributed by atoms with Crippen molar-refractivity contribution in [3.8, 4) is 0 Å². The largest absolute Gasteiger partial charge is 0.366 e. The smallest absolute Gasteiger partial charge is 0.251 e. The van der Waals surface area contributed by atoms with Gasteiger partial charge in [-0.2, -0.15) is 0 Å². The van der Waals surface area contributed by atoms with Crippen molar-refractivity contribution in [2.24, 2.45) is 5.73 Å². The predicted octanol–water partition coefficient (Wildman–Crippen LogP) is 2.48. The minimum absolute atomic E-state index is 0.167. The van der Waals surface area contributed by atoms with Crippen molar-refractivity contribution >= 4 is 22.7 Å². The second kappa shape index (κ2) is 6.58. The maximum absolute atomic E-state index is 12.2. The number of rotatable bonds is 5. The van der Waals surface area contributed by atoms with Gasteiger partial charge in [-0.15, -0.1) is 0 Å². The number of carbonyl (C=O) groups is 2. The molecule has 3 rings (SSSR count). The summed E-state index contributed by atoms with van der Waals surface area (Å²) < 4.78 is 2.19. The van der Waals surface area contributed by atoms with Crippen LogP contribution in [0.3, 0.4) is 0 Å². The molecule has 24 heavy (non-hydrogen) atoms. The van der Waals surface area contributed by atoms with E-state index in [1.54, 1.807) is 24.3 Å². The van der Waals surface area contributed by atoms with E-state index >= 15 is 0 Å². The van der Waals surface area contributed by atoms with Gasteiger partial charge in [0.15, 0.2) is 0 Å². The van der Waals surface area contributed by atoms with E-state index in [0.29, 0.717) is 24.2 Å². The van der Waals surface area contributed by atoms with Gasteiger partial charge in [0.25, 0.3) is 5.91 Å². The molecular formula is C19H19N3O2. The quantitative estimate of drug-likeness (QED) is 0.757. The van der Waals surface area contributed by atoms with Crippen LogP contribution in [0.25, 0.3) is 10.9 Å². The number of para-hydroxylation sites is 1. The van der Waals surface area contributed by atoms with E-state index in [2.05, 4.69) is 35.0 Å². The Kier molecular flexibility index (Phi) is 4.33. The number of hydrogen-bond donors (Lipinski definition) is 2. The Morgan fingerprint density at radius 2 is 1.71 bits per heavy atom. The van der Waals surface area contributed by atoms with Gasteiger partial charge in [-0.25, -0.2) is 0 Å². The molecule has 3 N–H and O–H groups in total. The summed E-state index contributed by atoms with van der Waals surface area (Å²) in [5.41, 5.74) is 8.42. The van der Waals surface area contributed by atoms with Crippen LogP contribution in [0.2, 0.25) is 0 Å². The highest BCUT2D eigenvalue weighted by molar-refractivity contribution is 5.97. The van der Waals surface area contributed by atoms with Crippen LogP contribution in [0, 0.1) is 6.92 Å². The van der Waals surface area contributed by atoms with Crippen molar-refractivity contribution in [1.29, 1.82) is 0 Å². The number of nitrogens with one attached hydrogen (secondary N) is 1. The lowest BCUT2D eigenvalue weighted by atomic mass is 10.1. The first-order valence-electron chi connectivity index (χ1n) is 7.79. The molecule has 0 radical (unpaired) electrons. The molecule has 0 saturated heterocycles. The molecule has 0 spiro atoms. The fourth-order valence-electron chi connectivity index (χ4n) is 2.81. The van der Waals surface area contributed by atoms with Gasteiger partial charge >= 0.3 is 0 Å². The van der Waals surface area contributed by atoms with E-state index in [0.717, 1.165) is 11.2 Å². The van der Waals surface area contributed by atoms with Gasteiger partial charge < -0.3 is 15.6 Å². The van der Waals surface area contributed by atoms with Gasteiger partial charge in [0.2, 0.25) is 5.91 Å². The number of benzene rings is 2. The number of nitrogens with two attached hydrogens (primary N) is 1. The first kappa shape index (κ1) is 15.8. The first-order valence-corrected chi connectivity index (χ1v) is 7.79. The van der Waals surface area contributed by atoms with Crippen molar-refractivity contribution < 1.29 is 9.59 Å². The minimum atomic E-state index is -0.503. The van der Waals surface area contributed by atoms with E-state index in [1.807, 2.05) is 12.1 Å². The van der Waals surface area contributed by atoms with Crippen molar-refractivity contribution in [3.05, 3.63) is 71.4 Å². The van der Waals surface area contributed by atoms with E-state index < -0.39 is 5.91 Å². The van der Waals surface area contributed by atoms with Crippen molar-refractivity contribution in [3.63, 3.8) is 0 Å². The number of hydrogen-bond acceptors (Lipinski definition) is 2. The lowest BCUT2D eigenvalue weighted by Gasteiger charge is -2.10. The Balaban J connectivity index is 1.64. The van der Waals surface area contributed by atoms with E-state index in [-0.39, 0.29) is 5.91 Å². The summed E-state index contributed by atoms with van der Waals surface area (Å²) in [5.74, 6) is -0.669. The summed E-state index contributed by atoms with van der Waals surface area (Å²) in [7, 11) is 0. The van der Waals surface area contributed by atoms with Crippen LogP contribution in [0.5, 0.6) is 0 Å². The number of amides is 2. The van der Waals surface area contributed by atoms with Gasteiger partial charge in [-0.1, -0.05) is 18.2 Å². The molecule has 122 valence electrons. The Morgan fingerprint density at radius 1 is 1.04 bits per heavy atom. The van der Waals surface area contributed by atoms with Gasteiger partial charge in [0.1, 0.15) is 0 Å². The number of carbonyl (C=O) groups excluding carboxylic acids is 2. The maximum Gasteiger partial charge on any atom is 0.251 e. The zero-order chi connectivity index (χ0) is 17.1. The van der Waals surface area contributed by atoms with E-state index in [9.17, 15) is 9.59 Å². The van der Waals surface area contributed by atoms with Crippen LogP contribution in [0.4, 0.5) is 0 Å². The molecule has 0 aliphatic rings. The van der Waals surface area contributed by atoms with Gasteiger partial charge in [-0.05, 0) is 48.7 Å². The van der Waals surface area contributed by atoms with Crippen molar-refractivity contribution in [2.45, 2.75) is 13.5 Å². The molecule has 2 amide bonds. The Hall–Kier alpha value is -3.08. The van der Waals surface area contributed by atoms with Gasteiger partial charge in [0.05, 0.1) is 0 Å². The standard InChI is InChI=1S/C19H19N3O2/c1-13-12-16-4-2-3-5-17(16)22(13)11-10-21-19(24)15-8-6-14(7-9-15)18(20)23/h2-9,12H,10-11H2,1H3,(H2,20,23)(H,21,24). The summed E-state index contributed by atoms with van der Waals surface area (Å²) in [6.45, 7) is 3.28. The van der Waals surface area contributed by atoms with E-state index in [4.69, 9.17) is 5.73 Å². The third kappa shape index (κ3) is 3.15. The van der Waals surface area contributed by atoms with Gasteiger partial charge in [0, 0.05) is 35.4 Å². The molecule has 0 bridgehead atoms. The molecule has 0 fully saturated rings. The molecule has 5 nitrogen and oxygen atoms in total.